The molecule has 4 N–H and O–H groups in total. The van der Waals surface area contributed by atoms with Gasteiger partial charge < -0.3 is 40.9 Å². The maximum Gasteiger partial charge on any atom is 0.416 e. The van der Waals surface area contributed by atoms with E-state index in [9.17, 15) is 41.9 Å². The number of unbranched alkanes of at least 4 members (excludes halogenated alkanes) is 5. The summed E-state index contributed by atoms with van der Waals surface area (Å²) < 4.78 is 40.1. The topological polar surface area (TPSA) is 163 Å². The van der Waals surface area contributed by atoms with Gasteiger partial charge in [0.05, 0.1) is 17.6 Å². The van der Waals surface area contributed by atoms with Gasteiger partial charge in [-0.15, -0.1) is 0 Å². The standard InChI is InChI=1S/C61H91F3N8O6/c1-42(65-9)55(75)67-53(59(3,4)5)57(77)71-36-20-25-48(71)40-69(38-34-44-30-32-47(33-31-44)61(62,63)64)51(73)28-15-13-11-12-14-16-29-52(74)70(39-35-46-24-19-23-45-22-17-18-27-50(45)46)41-49-26-21-37-72(49)58(78)54(60(6,7)8)68-56(76)43(2)66-10/h17-19,22-24,27,30-33,42-43,48-49,53-54,65-66H,11-16,20-21,25-26,28-29,34-41H2,1-10H3,(H,67,75)(H,68,76)/t42-,43-,48-,49+,53+,54+/m0/s1. The van der Waals surface area contributed by atoms with Crippen molar-refractivity contribution in [2.45, 2.75) is 188 Å². The van der Waals surface area contributed by atoms with Crippen LogP contribution in [-0.2, 0) is 47.8 Å². The Morgan fingerprint density at radius 1 is 0.590 bits per heavy atom. The number of likely N-dealkylation sites (N-methyl/N-ethyl adjacent to an activating group) is 2. The number of hydrogen-bond acceptors (Lipinski definition) is 8. The molecule has 2 heterocycles. The minimum absolute atomic E-state index is 0.0460. The van der Waals surface area contributed by atoms with Crippen LogP contribution in [0.25, 0.3) is 10.8 Å². The number of rotatable bonds is 27. The van der Waals surface area contributed by atoms with Crippen LogP contribution in [0.2, 0.25) is 0 Å². The Morgan fingerprint density at radius 3 is 1.47 bits per heavy atom. The fourth-order valence-electron chi connectivity index (χ4n) is 10.7. The van der Waals surface area contributed by atoms with E-state index >= 15 is 0 Å². The smallest absolute Gasteiger partial charge is 0.342 e. The molecule has 3 aromatic carbocycles. The number of likely N-dealkylation sites (tertiary alicyclic amines) is 2. The van der Waals surface area contributed by atoms with Crippen LogP contribution in [0.3, 0.4) is 0 Å². The zero-order valence-electron chi connectivity index (χ0n) is 48.3. The molecule has 2 saturated heterocycles. The zero-order chi connectivity index (χ0) is 57.4. The van der Waals surface area contributed by atoms with Crippen molar-refractivity contribution in [3.05, 3.63) is 83.4 Å². The summed E-state index contributed by atoms with van der Waals surface area (Å²) in [5, 5.41) is 14.1. The number of amides is 6. The molecule has 2 aliphatic rings. The Balaban J connectivity index is 1.19. The number of hydrogen-bond donors (Lipinski definition) is 4. The molecule has 2 fully saturated rings. The lowest BCUT2D eigenvalue weighted by Gasteiger charge is -2.37. The third-order valence-electron chi connectivity index (χ3n) is 15.9. The molecule has 6 atom stereocenters. The van der Waals surface area contributed by atoms with Crippen molar-refractivity contribution in [3.8, 4) is 0 Å². The summed E-state index contributed by atoms with van der Waals surface area (Å²) in [5.74, 6) is -0.893. The molecule has 0 aromatic heterocycles. The Bertz CT molecular complexity index is 2450. The van der Waals surface area contributed by atoms with Gasteiger partial charge in [0.25, 0.3) is 0 Å². The van der Waals surface area contributed by atoms with E-state index in [1.165, 1.54) is 12.1 Å². The highest BCUT2D eigenvalue weighted by Gasteiger charge is 2.43. The average Bonchev–Trinajstić information content (AvgIpc) is 4.09. The SMILES string of the molecule is CN[C@@H](C)C(=O)N[C@H](C(=O)N1CCC[C@@H]1CN(CCc1cccc2ccccc12)C(=O)CCCCCCCCC(=O)N(CCc1ccc(C(F)(F)F)cc1)C[C@@H]1CCCN1C(=O)[C@@H](NC(=O)[C@H](C)NC)C(C)(C)C)C(C)(C)C. The molecule has 2 aliphatic heterocycles. The van der Waals surface area contributed by atoms with Crippen LogP contribution in [0.4, 0.5) is 13.2 Å². The Labute approximate surface area is 462 Å². The van der Waals surface area contributed by atoms with Crippen molar-refractivity contribution in [1.82, 2.24) is 40.9 Å². The zero-order valence-corrected chi connectivity index (χ0v) is 48.3. The van der Waals surface area contributed by atoms with Crippen LogP contribution in [-0.4, -0.2) is 145 Å². The molecule has 432 valence electrons. The average molecular weight is 1090 g/mol. The van der Waals surface area contributed by atoms with E-state index in [0.29, 0.717) is 70.3 Å². The lowest BCUT2D eigenvalue weighted by molar-refractivity contribution is -0.142. The van der Waals surface area contributed by atoms with Gasteiger partial charge in [-0.05, 0) is 124 Å². The minimum atomic E-state index is -4.46. The Hall–Kier alpha value is -5.55. The van der Waals surface area contributed by atoms with Gasteiger partial charge in [0.2, 0.25) is 35.4 Å². The molecule has 0 spiro atoms. The van der Waals surface area contributed by atoms with Gasteiger partial charge in [-0.3, -0.25) is 28.8 Å². The molecule has 5 rings (SSSR count). The fourth-order valence-corrected chi connectivity index (χ4v) is 10.7. The van der Waals surface area contributed by atoms with Gasteiger partial charge >= 0.3 is 6.18 Å². The van der Waals surface area contributed by atoms with E-state index < -0.39 is 46.7 Å². The van der Waals surface area contributed by atoms with Gasteiger partial charge in [0, 0.05) is 64.2 Å². The third-order valence-corrected chi connectivity index (χ3v) is 15.9. The number of carbonyl (C=O) groups is 6. The number of fused-ring (bicyclic) bond motifs is 1. The van der Waals surface area contributed by atoms with E-state index in [1.807, 2.05) is 69.5 Å². The first-order valence-electron chi connectivity index (χ1n) is 28.6. The molecule has 0 aliphatic carbocycles. The summed E-state index contributed by atoms with van der Waals surface area (Å²) in [7, 11) is 3.39. The lowest BCUT2D eigenvalue weighted by atomic mass is 9.85. The summed E-state index contributed by atoms with van der Waals surface area (Å²) in [6.45, 7) is 17.6. The first-order valence-corrected chi connectivity index (χ1v) is 28.6. The van der Waals surface area contributed by atoms with Crippen LogP contribution >= 0.6 is 0 Å². The Morgan fingerprint density at radius 2 is 1.03 bits per heavy atom. The van der Waals surface area contributed by atoms with Gasteiger partial charge in [-0.2, -0.15) is 13.2 Å². The van der Waals surface area contributed by atoms with Crippen LogP contribution in [0.5, 0.6) is 0 Å². The molecule has 78 heavy (non-hydrogen) atoms. The number of carbonyl (C=O) groups excluding carboxylic acids is 6. The second kappa shape index (κ2) is 29.1. The summed E-state index contributed by atoms with van der Waals surface area (Å²) >= 11 is 0. The Kier molecular flexibility index (Phi) is 23.6. The van der Waals surface area contributed by atoms with Crippen molar-refractivity contribution in [2.24, 2.45) is 10.8 Å². The van der Waals surface area contributed by atoms with Crippen LogP contribution in [0.15, 0.2) is 66.7 Å². The molecule has 0 unspecified atom stereocenters. The number of nitrogens with one attached hydrogen (secondary N) is 4. The number of halogens is 3. The second-order valence-electron chi connectivity index (χ2n) is 23.9. The summed E-state index contributed by atoms with van der Waals surface area (Å²) in [6.07, 6.45) is 4.87. The predicted octanol–water partition coefficient (Wildman–Crippen LogP) is 8.68. The van der Waals surface area contributed by atoms with Crippen LogP contribution in [0.1, 0.15) is 149 Å². The predicted molar refractivity (Wildman–Crippen MR) is 302 cm³/mol. The van der Waals surface area contributed by atoms with Gasteiger partial charge in [0.15, 0.2) is 0 Å². The van der Waals surface area contributed by atoms with Gasteiger partial charge in [-0.1, -0.05) is 122 Å². The van der Waals surface area contributed by atoms with Gasteiger partial charge in [0.1, 0.15) is 12.1 Å². The van der Waals surface area contributed by atoms with E-state index in [4.69, 9.17) is 0 Å². The highest BCUT2D eigenvalue weighted by Crippen LogP contribution is 2.31. The summed E-state index contributed by atoms with van der Waals surface area (Å²) in [5.41, 5.74) is -0.0466. The summed E-state index contributed by atoms with van der Waals surface area (Å²) in [4.78, 5) is 90.4. The number of alkyl halides is 3. The van der Waals surface area contributed by atoms with Crippen LogP contribution < -0.4 is 21.3 Å². The molecule has 17 heteroatoms. The normalized spacial score (nSPS) is 17.6. The summed E-state index contributed by atoms with van der Waals surface area (Å²) in [6, 6.07) is 16.5. The molecular formula is C61H91F3N8O6. The first kappa shape index (κ1) is 63.3. The van der Waals surface area contributed by atoms with Crippen LogP contribution in [0, 0.1) is 10.8 Å². The molecule has 6 amide bonds. The maximum absolute atomic E-state index is 14.3. The van der Waals surface area contributed by atoms with Crippen molar-refractivity contribution >= 4 is 46.2 Å². The quantitative estimate of drug-likeness (QED) is 0.0552. The molecule has 3 aromatic rings. The second-order valence-corrected chi connectivity index (χ2v) is 23.9. The molecule has 0 radical (unpaired) electrons. The highest BCUT2D eigenvalue weighted by molar-refractivity contribution is 5.91. The van der Waals surface area contributed by atoms with Crippen molar-refractivity contribution in [3.63, 3.8) is 0 Å². The largest absolute Gasteiger partial charge is 0.416 e. The highest BCUT2D eigenvalue weighted by atomic mass is 19.4. The van der Waals surface area contributed by atoms with Crippen molar-refractivity contribution in [1.29, 1.82) is 0 Å². The van der Waals surface area contributed by atoms with E-state index in [-0.39, 0.29) is 67.0 Å². The number of benzene rings is 3. The maximum atomic E-state index is 14.3. The van der Waals surface area contributed by atoms with E-state index in [1.54, 1.807) is 37.7 Å². The third kappa shape index (κ3) is 18.3. The van der Waals surface area contributed by atoms with Gasteiger partial charge in [-0.25, -0.2) is 0 Å². The first-order chi connectivity index (χ1) is 36.8. The van der Waals surface area contributed by atoms with E-state index in [2.05, 4.69) is 45.5 Å². The number of nitrogens with zero attached hydrogens (tertiary/aromatic N) is 4. The fraction of sp³-hybridized carbons (Fsp3) is 0.639. The molecule has 14 nitrogen and oxygen atoms in total. The van der Waals surface area contributed by atoms with E-state index in [0.717, 1.165) is 73.4 Å². The molecular weight excluding hydrogens is 998 g/mol. The minimum Gasteiger partial charge on any atom is -0.342 e. The monoisotopic (exact) mass is 1090 g/mol. The van der Waals surface area contributed by atoms with Crippen molar-refractivity contribution < 1.29 is 41.9 Å². The molecule has 0 bridgehead atoms. The van der Waals surface area contributed by atoms with Crippen molar-refractivity contribution in [2.75, 3.05) is 53.4 Å². The molecule has 0 saturated carbocycles. The lowest BCUT2D eigenvalue weighted by Crippen LogP contribution is -2.59.